The quantitative estimate of drug-likeness (QED) is 0.716. The Bertz CT molecular complexity index is 850. The molecule has 1 aromatic heterocycles. The van der Waals surface area contributed by atoms with Crippen molar-refractivity contribution in [2.24, 2.45) is 0 Å². The van der Waals surface area contributed by atoms with Crippen LogP contribution in [-0.4, -0.2) is 35.1 Å². The molecule has 0 radical (unpaired) electrons. The van der Waals surface area contributed by atoms with E-state index in [0.29, 0.717) is 22.8 Å². The van der Waals surface area contributed by atoms with Gasteiger partial charge in [-0.05, 0) is 68.2 Å². The van der Waals surface area contributed by atoms with Crippen LogP contribution in [0.4, 0.5) is 5.69 Å². The summed E-state index contributed by atoms with van der Waals surface area (Å²) in [5, 5.41) is 5.19. The third-order valence-electron chi connectivity index (χ3n) is 4.60. The number of nitrogens with one attached hydrogen (secondary N) is 1. The van der Waals surface area contributed by atoms with Gasteiger partial charge in [-0.3, -0.25) is 9.59 Å². The summed E-state index contributed by atoms with van der Waals surface area (Å²) < 4.78 is 0. The topological polar surface area (TPSA) is 49.4 Å². The molecule has 2 amide bonds. The van der Waals surface area contributed by atoms with Gasteiger partial charge in [0.15, 0.2) is 0 Å². The molecule has 4 nitrogen and oxygen atoms in total. The van der Waals surface area contributed by atoms with Crippen molar-refractivity contribution >= 4 is 52.2 Å². The van der Waals surface area contributed by atoms with Crippen molar-refractivity contribution in [1.29, 1.82) is 0 Å². The van der Waals surface area contributed by atoms with Crippen LogP contribution >= 0.6 is 34.7 Å². The van der Waals surface area contributed by atoms with Gasteiger partial charge < -0.3 is 10.2 Å². The molecule has 144 valence electrons. The highest BCUT2D eigenvalue weighted by Gasteiger charge is 2.28. The first-order valence-electron chi connectivity index (χ1n) is 9.01. The first-order chi connectivity index (χ1) is 12.9. The largest absolute Gasteiger partial charge is 0.336 e. The zero-order valence-electron chi connectivity index (χ0n) is 15.6. The molecule has 0 spiro atoms. The van der Waals surface area contributed by atoms with Gasteiger partial charge >= 0.3 is 0 Å². The van der Waals surface area contributed by atoms with Crippen LogP contribution in [0, 0.1) is 0 Å². The Morgan fingerprint density at radius 1 is 1.33 bits per heavy atom. The fourth-order valence-corrected chi connectivity index (χ4v) is 5.73. The first-order valence-corrected chi connectivity index (χ1v) is 11.3. The number of amides is 2. The number of benzene rings is 1. The number of rotatable bonds is 5. The lowest BCUT2D eigenvalue weighted by atomic mass is 10.1. The standard InChI is InChI=1S/C20H23ClN2O2S2/c1-4-23(12(2)3)20(25)15-11-13(5-6-16(15)21)22-19(24)18-14-7-9-26-17(14)8-10-27-18/h5-7,9,11-12,18H,4,8,10H2,1-3H3,(H,22,24). The van der Waals surface area contributed by atoms with E-state index in [1.165, 1.54) is 4.88 Å². The molecule has 1 atom stereocenters. The van der Waals surface area contributed by atoms with E-state index in [4.69, 9.17) is 11.6 Å². The molecule has 0 fully saturated rings. The van der Waals surface area contributed by atoms with E-state index >= 15 is 0 Å². The van der Waals surface area contributed by atoms with Crippen molar-refractivity contribution in [3.8, 4) is 0 Å². The van der Waals surface area contributed by atoms with Gasteiger partial charge in [0, 0.05) is 23.2 Å². The number of nitrogens with zero attached hydrogens (tertiary/aromatic N) is 1. The third kappa shape index (κ3) is 4.33. The number of carbonyl (C=O) groups is 2. The average Bonchev–Trinajstić information content (AvgIpc) is 3.12. The summed E-state index contributed by atoms with van der Waals surface area (Å²) in [7, 11) is 0. The first kappa shape index (κ1) is 20.2. The average molecular weight is 423 g/mol. The lowest BCUT2D eigenvalue weighted by Crippen LogP contribution is -2.36. The summed E-state index contributed by atoms with van der Waals surface area (Å²) in [6.07, 6.45) is 1.02. The molecule has 0 saturated carbocycles. The smallest absolute Gasteiger partial charge is 0.255 e. The van der Waals surface area contributed by atoms with Crippen molar-refractivity contribution in [3.63, 3.8) is 0 Å². The minimum atomic E-state index is -0.211. The van der Waals surface area contributed by atoms with Gasteiger partial charge in [0.1, 0.15) is 5.25 Å². The second-order valence-electron chi connectivity index (χ2n) is 6.67. The van der Waals surface area contributed by atoms with E-state index in [2.05, 4.69) is 5.32 Å². The summed E-state index contributed by atoms with van der Waals surface area (Å²) in [4.78, 5) is 28.7. The number of thiophene rings is 1. The van der Waals surface area contributed by atoms with Crippen molar-refractivity contribution in [1.82, 2.24) is 4.90 Å². The van der Waals surface area contributed by atoms with Crippen LogP contribution in [0.5, 0.6) is 0 Å². The molecule has 1 unspecified atom stereocenters. The lowest BCUT2D eigenvalue weighted by Gasteiger charge is -2.26. The maximum Gasteiger partial charge on any atom is 0.255 e. The number of carbonyl (C=O) groups excluding carboxylic acids is 2. The van der Waals surface area contributed by atoms with Crippen LogP contribution in [-0.2, 0) is 11.2 Å². The number of hydrogen-bond acceptors (Lipinski definition) is 4. The van der Waals surface area contributed by atoms with Gasteiger partial charge in [0.2, 0.25) is 5.91 Å². The predicted molar refractivity (Wildman–Crippen MR) is 115 cm³/mol. The van der Waals surface area contributed by atoms with Crippen LogP contribution < -0.4 is 5.32 Å². The number of fused-ring (bicyclic) bond motifs is 1. The van der Waals surface area contributed by atoms with Gasteiger partial charge in [-0.15, -0.1) is 23.1 Å². The zero-order chi connectivity index (χ0) is 19.6. The molecule has 0 saturated heterocycles. The van der Waals surface area contributed by atoms with Crippen LogP contribution in [0.1, 0.15) is 46.8 Å². The number of hydrogen-bond donors (Lipinski definition) is 1. The maximum absolute atomic E-state index is 12.8. The Morgan fingerprint density at radius 3 is 2.81 bits per heavy atom. The Balaban J connectivity index is 1.81. The molecular formula is C20H23ClN2O2S2. The van der Waals surface area contributed by atoms with E-state index < -0.39 is 0 Å². The maximum atomic E-state index is 12.8. The van der Waals surface area contributed by atoms with Crippen LogP contribution in [0.25, 0.3) is 0 Å². The molecule has 1 aromatic carbocycles. The summed E-state index contributed by atoms with van der Waals surface area (Å²) in [5.74, 6) is 0.757. The minimum Gasteiger partial charge on any atom is -0.336 e. The molecule has 7 heteroatoms. The highest BCUT2D eigenvalue weighted by molar-refractivity contribution is 8.00. The predicted octanol–water partition coefficient (Wildman–Crippen LogP) is 5.24. The highest BCUT2D eigenvalue weighted by Crippen LogP contribution is 2.40. The number of thioether (sulfide) groups is 1. The Labute approximate surface area is 173 Å². The minimum absolute atomic E-state index is 0.0590. The molecule has 0 bridgehead atoms. The van der Waals surface area contributed by atoms with E-state index in [0.717, 1.165) is 17.7 Å². The van der Waals surface area contributed by atoms with Crippen LogP contribution in [0.2, 0.25) is 5.02 Å². The fourth-order valence-electron chi connectivity index (χ4n) is 3.24. The Morgan fingerprint density at radius 2 is 2.11 bits per heavy atom. The van der Waals surface area contributed by atoms with Crippen molar-refractivity contribution in [2.75, 3.05) is 17.6 Å². The molecule has 0 aliphatic carbocycles. The number of halogens is 1. The molecular weight excluding hydrogens is 400 g/mol. The molecule has 1 aliphatic rings. The molecule has 2 aromatic rings. The molecule has 1 aliphatic heterocycles. The summed E-state index contributed by atoms with van der Waals surface area (Å²) in [6.45, 7) is 6.48. The zero-order valence-corrected chi connectivity index (χ0v) is 18.0. The summed E-state index contributed by atoms with van der Waals surface area (Å²) >= 11 is 9.64. The molecule has 27 heavy (non-hydrogen) atoms. The van der Waals surface area contributed by atoms with Gasteiger partial charge in [-0.2, -0.15) is 0 Å². The highest BCUT2D eigenvalue weighted by atomic mass is 35.5. The Kier molecular flexibility index (Phi) is 6.50. The van der Waals surface area contributed by atoms with Gasteiger partial charge in [0.05, 0.1) is 10.6 Å². The van der Waals surface area contributed by atoms with Gasteiger partial charge in [-0.25, -0.2) is 0 Å². The van der Waals surface area contributed by atoms with E-state index in [9.17, 15) is 9.59 Å². The normalized spacial score (nSPS) is 16.1. The lowest BCUT2D eigenvalue weighted by molar-refractivity contribution is -0.115. The Hall–Kier alpha value is -1.50. The van der Waals surface area contributed by atoms with E-state index in [1.54, 1.807) is 46.2 Å². The van der Waals surface area contributed by atoms with Gasteiger partial charge in [0.25, 0.3) is 5.91 Å². The fraction of sp³-hybridized carbons (Fsp3) is 0.400. The number of anilines is 1. The van der Waals surface area contributed by atoms with E-state index in [1.807, 2.05) is 32.2 Å². The summed E-state index contributed by atoms with van der Waals surface area (Å²) in [6, 6.07) is 7.20. The van der Waals surface area contributed by atoms with Crippen LogP contribution in [0.15, 0.2) is 29.6 Å². The van der Waals surface area contributed by atoms with E-state index in [-0.39, 0.29) is 23.1 Å². The molecule has 1 N–H and O–H groups in total. The monoisotopic (exact) mass is 422 g/mol. The third-order valence-corrected chi connectivity index (χ3v) is 7.17. The molecule has 3 rings (SSSR count). The summed E-state index contributed by atoms with van der Waals surface area (Å²) in [5.41, 5.74) is 2.11. The second-order valence-corrected chi connectivity index (χ2v) is 9.29. The SMILES string of the molecule is CCN(C(=O)c1cc(NC(=O)C2SCCc3sccc32)ccc1Cl)C(C)C. The second kappa shape index (κ2) is 8.67. The molecule has 2 heterocycles. The van der Waals surface area contributed by atoms with Gasteiger partial charge in [-0.1, -0.05) is 11.6 Å². The van der Waals surface area contributed by atoms with Crippen molar-refractivity contribution in [2.45, 2.75) is 38.5 Å². The van der Waals surface area contributed by atoms with Crippen molar-refractivity contribution < 1.29 is 9.59 Å². The van der Waals surface area contributed by atoms with Crippen LogP contribution in [0.3, 0.4) is 0 Å². The number of aryl methyl sites for hydroxylation is 1. The van der Waals surface area contributed by atoms with Crippen molar-refractivity contribution in [3.05, 3.63) is 50.7 Å².